The van der Waals surface area contributed by atoms with Gasteiger partial charge in [0.1, 0.15) is 12.2 Å². The van der Waals surface area contributed by atoms with E-state index in [9.17, 15) is 9.59 Å². The quantitative estimate of drug-likeness (QED) is 0.443. The Morgan fingerprint density at radius 3 is 2.82 bits per heavy atom. The molecular formula is C18H24N4O5S. The summed E-state index contributed by atoms with van der Waals surface area (Å²) in [4.78, 5) is 37.9. The molecule has 1 aliphatic rings. The highest BCUT2D eigenvalue weighted by molar-refractivity contribution is 7.11. The fraction of sp³-hybridized carbons (Fsp3) is 0.556. The summed E-state index contributed by atoms with van der Waals surface area (Å²) in [5.74, 6) is -0.219. The summed E-state index contributed by atoms with van der Waals surface area (Å²) < 4.78 is 17.3. The Kier molecular flexibility index (Phi) is 6.11. The highest BCUT2D eigenvalue weighted by Gasteiger charge is 2.48. The van der Waals surface area contributed by atoms with Crippen molar-refractivity contribution in [3.63, 3.8) is 0 Å². The van der Waals surface area contributed by atoms with Crippen molar-refractivity contribution in [2.45, 2.75) is 44.7 Å². The molecule has 28 heavy (non-hydrogen) atoms. The number of fused-ring (bicyclic) bond motifs is 1. The number of nitrogens with one attached hydrogen (secondary N) is 1. The normalized spacial score (nSPS) is 24.9. The summed E-state index contributed by atoms with van der Waals surface area (Å²) in [6, 6.07) is 0. The average molecular weight is 408 g/mol. The standard InChI is InChI=1S/C18H24N4O5S/c1-6-11-13(25-5)14(26-9(2)23)15(27-11)16-12-10(7-28-16)17(24)21-18(20-12)19-8-22(3)4/h7-8,11,13-15H,6H2,1-5H3,(H,20,21,24)/b19-8+/t11-,13-,14-,15-/m1/s1. The first-order valence-corrected chi connectivity index (χ1v) is 9.81. The van der Waals surface area contributed by atoms with Gasteiger partial charge >= 0.3 is 5.97 Å². The molecule has 0 aromatic carbocycles. The number of carbonyl (C=O) groups is 1. The second-order valence-corrected chi connectivity index (χ2v) is 7.65. The minimum Gasteiger partial charge on any atom is -0.456 e. The number of ether oxygens (including phenoxy) is 3. The average Bonchev–Trinajstić information content (AvgIpc) is 3.20. The Labute approximate surface area is 166 Å². The van der Waals surface area contributed by atoms with E-state index in [-0.39, 0.29) is 17.6 Å². The smallest absolute Gasteiger partial charge is 0.303 e. The Hall–Kier alpha value is -2.30. The number of hydrogen-bond donors (Lipinski definition) is 1. The second-order valence-electron chi connectivity index (χ2n) is 6.74. The first-order chi connectivity index (χ1) is 13.3. The summed E-state index contributed by atoms with van der Waals surface area (Å²) in [6.45, 7) is 3.33. The van der Waals surface area contributed by atoms with E-state index in [0.29, 0.717) is 22.2 Å². The molecule has 0 saturated carbocycles. The highest BCUT2D eigenvalue weighted by Crippen LogP contribution is 2.42. The van der Waals surface area contributed by atoms with Crippen LogP contribution in [0.1, 0.15) is 31.2 Å². The van der Waals surface area contributed by atoms with E-state index in [1.807, 2.05) is 21.0 Å². The molecular weight excluding hydrogens is 384 g/mol. The van der Waals surface area contributed by atoms with Gasteiger partial charge in [0.2, 0.25) is 5.95 Å². The number of H-pyrrole nitrogens is 1. The Bertz CT molecular complexity index is 938. The summed E-state index contributed by atoms with van der Waals surface area (Å²) in [5, 5.41) is 2.17. The molecule has 0 aliphatic carbocycles. The lowest BCUT2D eigenvalue weighted by Crippen LogP contribution is -2.35. The van der Waals surface area contributed by atoms with Gasteiger partial charge in [0.25, 0.3) is 5.56 Å². The van der Waals surface area contributed by atoms with Crippen LogP contribution >= 0.6 is 11.3 Å². The maximum atomic E-state index is 12.4. The first kappa shape index (κ1) is 20.4. The third kappa shape index (κ3) is 3.94. The maximum Gasteiger partial charge on any atom is 0.303 e. The summed E-state index contributed by atoms with van der Waals surface area (Å²) in [5.41, 5.74) is 0.212. The number of methoxy groups -OCH3 is 1. The third-order valence-electron chi connectivity index (χ3n) is 4.44. The molecule has 2 aromatic rings. The molecule has 0 bridgehead atoms. The van der Waals surface area contributed by atoms with E-state index < -0.39 is 24.3 Å². The maximum absolute atomic E-state index is 12.4. The summed E-state index contributed by atoms with van der Waals surface area (Å²) in [7, 11) is 5.21. The number of thiophene rings is 1. The van der Waals surface area contributed by atoms with E-state index >= 15 is 0 Å². The molecule has 4 atom stereocenters. The van der Waals surface area contributed by atoms with Gasteiger partial charge in [-0.2, -0.15) is 0 Å². The lowest BCUT2D eigenvalue weighted by atomic mass is 10.0. The van der Waals surface area contributed by atoms with Crippen molar-refractivity contribution in [1.29, 1.82) is 0 Å². The minimum absolute atomic E-state index is 0.197. The van der Waals surface area contributed by atoms with Gasteiger partial charge in [-0.3, -0.25) is 14.6 Å². The number of esters is 1. The van der Waals surface area contributed by atoms with Gasteiger partial charge in [0.15, 0.2) is 6.10 Å². The van der Waals surface area contributed by atoms with Crippen LogP contribution in [0, 0.1) is 0 Å². The monoisotopic (exact) mass is 408 g/mol. The molecule has 9 nitrogen and oxygen atoms in total. The van der Waals surface area contributed by atoms with Crippen molar-refractivity contribution in [1.82, 2.24) is 14.9 Å². The number of nitrogens with zero attached hydrogens (tertiary/aromatic N) is 3. The summed E-state index contributed by atoms with van der Waals surface area (Å²) in [6.07, 6.45) is 0.430. The van der Waals surface area contributed by atoms with Crippen LogP contribution in [0.2, 0.25) is 0 Å². The summed E-state index contributed by atoms with van der Waals surface area (Å²) >= 11 is 1.35. The van der Waals surface area contributed by atoms with E-state index in [4.69, 9.17) is 14.2 Å². The fourth-order valence-electron chi connectivity index (χ4n) is 3.25. The number of aliphatic imine (C=N–C) groups is 1. The molecule has 1 saturated heterocycles. The molecule has 3 rings (SSSR count). The molecule has 0 unspecified atom stereocenters. The SMILES string of the molecule is CC[C@H]1O[C@@H](c2scc3c(=O)[nH]c(/N=C/N(C)C)nc23)[C@H](OC(C)=O)[C@@H]1OC. The molecule has 0 spiro atoms. The predicted octanol–water partition coefficient (Wildman–Crippen LogP) is 2.00. The highest BCUT2D eigenvalue weighted by atomic mass is 32.1. The van der Waals surface area contributed by atoms with Crippen molar-refractivity contribution in [2.24, 2.45) is 4.99 Å². The van der Waals surface area contributed by atoms with E-state index in [1.54, 1.807) is 23.7 Å². The van der Waals surface area contributed by atoms with Gasteiger partial charge in [-0.25, -0.2) is 9.98 Å². The zero-order chi connectivity index (χ0) is 20.4. The van der Waals surface area contributed by atoms with Crippen LogP contribution in [0.15, 0.2) is 15.2 Å². The lowest BCUT2D eigenvalue weighted by molar-refractivity contribution is -0.153. The van der Waals surface area contributed by atoms with Gasteiger partial charge in [-0.05, 0) is 6.42 Å². The second kappa shape index (κ2) is 8.38. The van der Waals surface area contributed by atoms with Gasteiger partial charge in [-0.15, -0.1) is 11.3 Å². The van der Waals surface area contributed by atoms with Crippen LogP contribution in [0.3, 0.4) is 0 Å². The molecule has 1 N–H and O–H groups in total. The fourth-order valence-corrected chi connectivity index (χ4v) is 4.31. The molecule has 1 aliphatic heterocycles. The van der Waals surface area contributed by atoms with Gasteiger partial charge in [-0.1, -0.05) is 6.92 Å². The van der Waals surface area contributed by atoms with Crippen LogP contribution in [-0.2, 0) is 19.0 Å². The van der Waals surface area contributed by atoms with E-state index in [1.165, 1.54) is 18.3 Å². The Morgan fingerprint density at radius 2 is 2.21 bits per heavy atom. The van der Waals surface area contributed by atoms with Crippen LogP contribution in [0.25, 0.3) is 10.9 Å². The van der Waals surface area contributed by atoms with Gasteiger partial charge in [0, 0.05) is 33.5 Å². The number of aromatic nitrogens is 2. The van der Waals surface area contributed by atoms with E-state index in [0.717, 1.165) is 0 Å². The largest absolute Gasteiger partial charge is 0.456 e. The van der Waals surface area contributed by atoms with E-state index in [2.05, 4.69) is 15.0 Å². The van der Waals surface area contributed by atoms with Crippen LogP contribution in [0.5, 0.6) is 0 Å². The van der Waals surface area contributed by atoms with Crippen molar-refractivity contribution in [3.8, 4) is 0 Å². The molecule has 152 valence electrons. The number of carbonyl (C=O) groups excluding carboxylic acids is 1. The van der Waals surface area contributed by atoms with Crippen LogP contribution in [-0.4, -0.2) is 66.7 Å². The molecule has 0 radical (unpaired) electrons. The number of aromatic amines is 1. The van der Waals surface area contributed by atoms with Crippen molar-refractivity contribution in [2.75, 3.05) is 21.2 Å². The van der Waals surface area contributed by atoms with Gasteiger partial charge < -0.3 is 19.1 Å². The predicted molar refractivity (Wildman–Crippen MR) is 106 cm³/mol. The molecule has 0 amide bonds. The Balaban J connectivity index is 2.08. The van der Waals surface area contributed by atoms with Crippen molar-refractivity contribution >= 4 is 40.5 Å². The third-order valence-corrected chi connectivity index (χ3v) is 5.47. The molecule has 1 fully saturated rings. The zero-order valence-corrected chi connectivity index (χ0v) is 17.3. The molecule has 3 heterocycles. The lowest BCUT2D eigenvalue weighted by Gasteiger charge is -2.22. The van der Waals surface area contributed by atoms with Gasteiger partial charge in [0.05, 0.1) is 28.2 Å². The molecule has 10 heteroatoms. The number of rotatable bonds is 6. The topological polar surface area (TPSA) is 106 Å². The van der Waals surface area contributed by atoms with Crippen molar-refractivity contribution in [3.05, 3.63) is 20.6 Å². The zero-order valence-electron chi connectivity index (χ0n) is 16.5. The van der Waals surface area contributed by atoms with Crippen LogP contribution < -0.4 is 5.56 Å². The number of hydrogen-bond acceptors (Lipinski definition) is 8. The Morgan fingerprint density at radius 1 is 1.46 bits per heavy atom. The van der Waals surface area contributed by atoms with Crippen LogP contribution in [0.4, 0.5) is 5.95 Å². The first-order valence-electron chi connectivity index (χ1n) is 8.93. The minimum atomic E-state index is -0.621. The van der Waals surface area contributed by atoms with Crippen molar-refractivity contribution < 1.29 is 19.0 Å². The molecule has 2 aromatic heterocycles.